The third kappa shape index (κ3) is 3.94. The van der Waals surface area contributed by atoms with Gasteiger partial charge in [-0.1, -0.05) is 48.8 Å². The molecule has 156 valence electrons. The number of hydrogen-bond acceptors (Lipinski definition) is 4. The van der Waals surface area contributed by atoms with Gasteiger partial charge in [-0.15, -0.1) is 6.42 Å². The number of imide groups is 1. The number of benzene rings is 2. The fourth-order valence-corrected chi connectivity index (χ4v) is 4.75. The lowest BCUT2D eigenvalue weighted by molar-refractivity contribution is -0.118. The molecule has 0 fully saturated rings. The molecule has 0 bridgehead atoms. The van der Waals surface area contributed by atoms with Crippen LogP contribution in [0.25, 0.3) is 10.2 Å². The van der Waals surface area contributed by atoms with Gasteiger partial charge in [0.1, 0.15) is 6.54 Å². The van der Waals surface area contributed by atoms with Crippen molar-refractivity contribution in [3.05, 3.63) is 64.0 Å². The monoisotopic (exact) mass is 431 g/mol. The second-order valence-corrected chi connectivity index (χ2v) is 8.34. The number of thiazole rings is 1. The number of fused-ring (bicyclic) bond motifs is 2. The van der Waals surface area contributed by atoms with E-state index in [9.17, 15) is 14.4 Å². The molecule has 0 spiro atoms. The van der Waals surface area contributed by atoms with Gasteiger partial charge < -0.3 is 4.57 Å². The van der Waals surface area contributed by atoms with E-state index in [-0.39, 0.29) is 6.54 Å². The van der Waals surface area contributed by atoms with Crippen LogP contribution < -0.4 is 4.80 Å². The number of aromatic nitrogens is 1. The van der Waals surface area contributed by atoms with Crippen LogP contribution in [0.2, 0.25) is 0 Å². The summed E-state index contributed by atoms with van der Waals surface area (Å²) in [6, 6.07) is 12.7. The van der Waals surface area contributed by atoms with Gasteiger partial charge in [0.15, 0.2) is 4.80 Å². The lowest BCUT2D eigenvalue weighted by Crippen LogP contribution is -2.35. The van der Waals surface area contributed by atoms with Crippen molar-refractivity contribution in [3.8, 4) is 12.3 Å². The van der Waals surface area contributed by atoms with Crippen LogP contribution in [0.3, 0.4) is 0 Å². The highest BCUT2D eigenvalue weighted by molar-refractivity contribution is 7.16. The maximum atomic E-state index is 12.7. The second kappa shape index (κ2) is 8.70. The largest absolute Gasteiger partial charge is 0.305 e. The van der Waals surface area contributed by atoms with Crippen molar-refractivity contribution >= 4 is 39.3 Å². The summed E-state index contributed by atoms with van der Waals surface area (Å²) in [5.41, 5.74) is 2.76. The number of nitrogens with zero attached hydrogens (tertiary/aromatic N) is 3. The Bertz CT molecular complexity index is 1270. The quantitative estimate of drug-likeness (QED) is 0.444. The molecule has 2 heterocycles. The molecule has 0 unspecified atom stereocenters. The van der Waals surface area contributed by atoms with E-state index in [4.69, 9.17) is 6.42 Å². The van der Waals surface area contributed by atoms with E-state index >= 15 is 0 Å². The molecule has 6 nitrogen and oxygen atoms in total. The summed E-state index contributed by atoms with van der Waals surface area (Å²) >= 11 is 1.38. The fraction of sp³-hybridized carbons (Fsp3) is 0.250. The number of hydrogen-bond donors (Lipinski definition) is 0. The number of amides is 3. The molecule has 4 rings (SSSR count). The van der Waals surface area contributed by atoms with Crippen molar-refractivity contribution in [1.82, 2.24) is 9.47 Å². The first-order chi connectivity index (χ1) is 15.0. The molecule has 0 N–H and O–H groups in total. The first-order valence-electron chi connectivity index (χ1n) is 10.1. The lowest BCUT2D eigenvalue weighted by Gasteiger charge is -2.10. The number of terminal acetylenes is 1. The summed E-state index contributed by atoms with van der Waals surface area (Å²) in [7, 11) is 0. The molecular weight excluding hydrogens is 410 g/mol. The summed E-state index contributed by atoms with van der Waals surface area (Å²) in [5.74, 6) is 1.08. The van der Waals surface area contributed by atoms with Gasteiger partial charge >= 0.3 is 0 Å². The minimum Gasteiger partial charge on any atom is -0.305 e. The molecule has 7 heteroatoms. The van der Waals surface area contributed by atoms with Crippen molar-refractivity contribution in [1.29, 1.82) is 0 Å². The molecule has 0 atom stereocenters. The Hall–Kier alpha value is -3.50. The first kappa shape index (κ1) is 20.8. The van der Waals surface area contributed by atoms with Gasteiger partial charge in [-0.25, -0.2) is 0 Å². The van der Waals surface area contributed by atoms with E-state index in [0.717, 1.165) is 34.4 Å². The third-order valence-corrected chi connectivity index (χ3v) is 6.25. The van der Waals surface area contributed by atoms with E-state index in [0.29, 0.717) is 15.9 Å². The SMILES string of the molecule is C#CCn1c(=NC(=O)CN2C(=O)c3ccccc3C2=O)sc2cc(CCCC)ccc21. The second-order valence-electron chi connectivity index (χ2n) is 7.33. The normalized spacial score (nSPS) is 13.7. The van der Waals surface area contributed by atoms with Gasteiger partial charge in [0.05, 0.1) is 27.9 Å². The topological polar surface area (TPSA) is 71.7 Å². The molecule has 3 amide bonds. The van der Waals surface area contributed by atoms with Crippen LogP contribution in [0.1, 0.15) is 46.0 Å². The maximum absolute atomic E-state index is 12.7. The van der Waals surface area contributed by atoms with Crippen molar-refractivity contribution in [3.63, 3.8) is 0 Å². The number of rotatable bonds is 6. The number of unbranched alkanes of at least 4 members (excludes halogenated alkanes) is 1. The van der Waals surface area contributed by atoms with E-state index in [1.54, 1.807) is 24.3 Å². The third-order valence-electron chi connectivity index (χ3n) is 5.21. The van der Waals surface area contributed by atoms with Crippen LogP contribution in [0, 0.1) is 12.3 Å². The molecule has 1 aliphatic rings. The average Bonchev–Trinajstić information content (AvgIpc) is 3.22. The number of carbonyl (C=O) groups is 3. The van der Waals surface area contributed by atoms with E-state index < -0.39 is 24.3 Å². The van der Waals surface area contributed by atoms with Crippen molar-refractivity contribution < 1.29 is 14.4 Å². The van der Waals surface area contributed by atoms with Crippen LogP contribution in [0.15, 0.2) is 47.5 Å². The van der Waals surface area contributed by atoms with Crippen LogP contribution in [0.5, 0.6) is 0 Å². The van der Waals surface area contributed by atoms with Gasteiger partial charge in [0, 0.05) is 0 Å². The fourth-order valence-electron chi connectivity index (χ4n) is 3.64. The smallest absolute Gasteiger partial charge is 0.268 e. The zero-order valence-electron chi connectivity index (χ0n) is 17.1. The predicted octanol–water partition coefficient (Wildman–Crippen LogP) is 3.40. The highest BCUT2D eigenvalue weighted by atomic mass is 32.1. The van der Waals surface area contributed by atoms with Crippen LogP contribution >= 0.6 is 11.3 Å². The van der Waals surface area contributed by atoms with Gasteiger partial charge in [0.25, 0.3) is 17.7 Å². The average molecular weight is 432 g/mol. The molecule has 1 aromatic heterocycles. The molecule has 0 radical (unpaired) electrons. The van der Waals surface area contributed by atoms with Crippen molar-refractivity contribution in [2.75, 3.05) is 6.54 Å². The summed E-state index contributed by atoms with van der Waals surface area (Å²) in [6.45, 7) is 2.02. The van der Waals surface area contributed by atoms with Crippen LogP contribution in [-0.2, 0) is 17.8 Å². The van der Waals surface area contributed by atoms with Gasteiger partial charge in [-0.05, 0) is 42.7 Å². The molecule has 0 saturated carbocycles. The van der Waals surface area contributed by atoms with Crippen LogP contribution in [0.4, 0.5) is 0 Å². The van der Waals surface area contributed by atoms with Crippen molar-refractivity contribution in [2.45, 2.75) is 32.7 Å². The van der Waals surface area contributed by atoms with Gasteiger partial charge in [0.2, 0.25) is 0 Å². The molecule has 0 aliphatic carbocycles. The molecule has 1 aliphatic heterocycles. The van der Waals surface area contributed by atoms with Gasteiger partial charge in [-0.2, -0.15) is 4.99 Å². The molecule has 3 aromatic rings. The summed E-state index contributed by atoms with van der Waals surface area (Å²) < 4.78 is 2.81. The summed E-state index contributed by atoms with van der Waals surface area (Å²) in [5, 5.41) is 0. The Morgan fingerprint density at radius 2 is 1.84 bits per heavy atom. The predicted molar refractivity (Wildman–Crippen MR) is 120 cm³/mol. The summed E-state index contributed by atoms with van der Waals surface area (Å²) in [6.07, 6.45) is 8.75. The Labute approximate surface area is 183 Å². The Kier molecular flexibility index (Phi) is 5.83. The zero-order chi connectivity index (χ0) is 22.0. The molecular formula is C24H21N3O3S. The van der Waals surface area contributed by atoms with Crippen molar-refractivity contribution in [2.24, 2.45) is 4.99 Å². The van der Waals surface area contributed by atoms with E-state index in [2.05, 4.69) is 30.0 Å². The molecule has 0 saturated heterocycles. The maximum Gasteiger partial charge on any atom is 0.268 e. The minimum absolute atomic E-state index is 0.271. The number of aryl methyl sites for hydroxylation is 1. The highest BCUT2D eigenvalue weighted by Crippen LogP contribution is 2.23. The molecule has 31 heavy (non-hydrogen) atoms. The Morgan fingerprint density at radius 3 is 2.48 bits per heavy atom. The minimum atomic E-state index is -0.571. The Morgan fingerprint density at radius 1 is 1.13 bits per heavy atom. The molecule has 2 aromatic carbocycles. The van der Waals surface area contributed by atoms with E-state index in [1.807, 2.05) is 10.6 Å². The number of carbonyl (C=O) groups excluding carboxylic acids is 3. The first-order valence-corrected chi connectivity index (χ1v) is 10.9. The lowest BCUT2D eigenvalue weighted by atomic mass is 10.1. The van der Waals surface area contributed by atoms with Crippen LogP contribution in [-0.4, -0.2) is 33.7 Å². The van der Waals surface area contributed by atoms with E-state index in [1.165, 1.54) is 16.9 Å². The van der Waals surface area contributed by atoms with Gasteiger partial charge in [-0.3, -0.25) is 19.3 Å². The zero-order valence-corrected chi connectivity index (χ0v) is 17.9. The standard InChI is InChI=1S/C24H21N3O3S/c1-3-5-8-16-11-12-19-20(14-16)31-24(26(19)13-4-2)25-21(28)15-27-22(29)17-9-6-7-10-18(17)23(27)30/h2,6-7,9-12,14H,3,5,8,13,15H2,1H3. The highest BCUT2D eigenvalue weighted by Gasteiger charge is 2.36. The summed E-state index contributed by atoms with van der Waals surface area (Å²) in [4.78, 5) is 43.3. The Balaban J connectivity index is 1.64.